The Bertz CT molecular complexity index is 282. The lowest BCUT2D eigenvalue weighted by Gasteiger charge is -2.03. The molecule has 0 aromatic heterocycles. The Morgan fingerprint density at radius 1 is 1.27 bits per heavy atom. The molecular formula is C12H16NO2. The lowest BCUT2D eigenvalue weighted by Crippen LogP contribution is -2.11. The van der Waals surface area contributed by atoms with Crippen molar-refractivity contribution in [3.63, 3.8) is 0 Å². The molecule has 81 valence electrons. The molecule has 1 N–H and O–H groups in total. The van der Waals surface area contributed by atoms with Crippen molar-refractivity contribution >= 4 is 6.41 Å². The van der Waals surface area contributed by atoms with Gasteiger partial charge in [0.15, 0.2) is 0 Å². The summed E-state index contributed by atoms with van der Waals surface area (Å²) in [6.07, 6.45) is 4.75. The third-order valence-electron chi connectivity index (χ3n) is 2.25. The first kappa shape index (κ1) is 11.6. The van der Waals surface area contributed by atoms with Crippen LogP contribution in [0.2, 0.25) is 0 Å². The molecular weight excluding hydrogens is 190 g/mol. The van der Waals surface area contributed by atoms with E-state index in [0.717, 1.165) is 25.0 Å². The number of aryl methyl sites for hydroxylation is 1. The molecule has 0 spiro atoms. The molecule has 0 fully saturated rings. The third kappa shape index (κ3) is 4.49. The topological polar surface area (TPSA) is 38.3 Å². The molecule has 0 unspecified atom stereocenters. The zero-order valence-corrected chi connectivity index (χ0v) is 8.95. The summed E-state index contributed by atoms with van der Waals surface area (Å²) in [5, 5.41) is 2.53. The first-order valence-electron chi connectivity index (χ1n) is 5.09. The Morgan fingerprint density at radius 2 is 2.00 bits per heavy atom. The van der Waals surface area contributed by atoms with Crippen LogP contribution in [0.5, 0.6) is 5.75 Å². The van der Waals surface area contributed by atoms with Gasteiger partial charge in [-0.05, 0) is 37.0 Å². The van der Waals surface area contributed by atoms with Crippen molar-refractivity contribution in [1.82, 2.24) is 5.32 Å². The molecule has 0 bridgehead atoms. The molecule has 3 nitrogen and oxygen atoms in total. The lowest BCUT2D eigenvalue weighted by atomic mass is 10.1. The van der Waals surface area contributed by atoms with Gasteiger partial charge in [-0.15, -0.1) is 0 Å². The molecule has 0 atom stereocenters. The fourth-order valence-electron chi connectivity index (χ4n) is 1.39. The number of rotatable bonds is 7. The van der Waals surface area contributed by atoms with Gasteiger partial charge < -0.3 is 10.1 Å². The predicted molar refractivity (Wildman–Crippen MR) is 59.6 cm³/mol. The number of hydrogen-bond donors (Lipinski definition) is 1. The van der Waals surface area contributed by atoms with E-state index in [0.29, 0.717) is 6.54 Å². The van der Waals surface area contributed by atoms with E-state index >= 15 is 0 Å². The second kappa shape index (κ2) is 6.87. The summed E-state index contributed by atoms with van der Waals surface area (Å²) in [4.78, 5) is 9.86. The maximum atomic E-state index is 9.86. The normalized spacial score (nSPS) is 9.67. The third-order valence-corrected chi connectivity index (χ3v) is 2.25. The van der Waals surface area contributed by atoms with E-state index in [2.05, 4.69) is 17.4 Å². The standard InChI is InChI=1S/C12H16NO2/c1-15-12-7-5-11(6-8-12)4-2-3-9-13-10-14/h5-8H,2-4,9H2,1H3,(H,13,14). The smallest absolute Gasteiger partial charge is 0.309 e. The van der Waals surface area contributed by atoms with Gasteiger partial charge in [-0.25, -0.2) is 0 Å². The highest BCUT2D eigenvalue weighted by atomic mass is 16.5. The lowest BCUT2D eigenvalue weighted by molar-refractivity contribution is 0.414. The first-order valence-corrected chi connectivity index (χ1v) is 5.09. The molecule has 15 heavy (non-hydrogen) atoms. The van der Waals surface area contributed by atoms with E-state index in [1.165, 1.54) is 5.56 Å². The Balaban J connectivity index is 2.22. The Labute approximate surface area is 90.4 Å². The van der Waals surface area contributed by atoms with Gasteiger partial charge in [-0.3, -0.25) is 4.79 Å². The van der Waals surface area contributed by atoms with Crippen molar-refractivity contribution in [2.75, 3.05) is 13.7 Å². The van der Waals surface area contributed by atoms with Crippen LogP contribution in [0, 0.1) is 0 Å². The highest BCUT2D eigenvalue weighted by Crippen LogP contribution is 2.12. The highest BCUT2D eigenvalue weighted by Gasteiger charge is 1.94. The van der Waals surface area contributed by atoms with Crippen LogP contribution in [0.15, 0.2) is 24.3 Å². The Kier molecular flexibility index (Phi) is 5.30. The summed E-state index contributed by atoms with van der Waals surface area (Å²) in [6.45, 7) is 0.708. The van der Waals surface area contributed by atoms with Gasteiger partial charge in [0.2, 0.25) is 0 Å². The van der Waals surface area contributed by atoms with E-state index in [-0.39, 0.29) is 0 Å². The number of nitrogens with one attached hydrogen (secondary N) is 1. The second-order valence-electron chi connectivity index (χ2n) is 3.33. The number of unbranched alkanes of at least 4 members (excludes halogenated alkanes) is 1. The molecule has 1 amide bonds. The molecule has 0 aliphatic rings. The average Bonchev–Trinajstić information content (AvgIpc) is 2.30. The molecule has 0 heterocycles. The van der Waals surface area contributed by atoms with Crippen LogP contribution >= 0.6 is 0 Å². The number of carbonyl (C=O) groups excluding carboxylic acids is 1. The second-order valence-corrected chi connectivity index (χ2v) is 3.33. The SMILES string of the molecule is COc1ccc(CCCCN[C]=O)cc1. The molecule has 1 rings (SSSR count). The van der Waals surface area contributed by atoms with Gasteiger partial charge in [-0.1, -0.05) is 12.1 Å². The largest absolute Gasteiger partial charge is 0.497 e. The minimum atomic E-state index is 0.708. The van der Waals surface area contributed by atoms with Gasteiger partial charge in [0.1, 0.15) is 5.75 Å². The van der Waals surface area contributed by atoms with Crippen molar-refractivity contribution in [2.45, 2.75) is 19.3 Å². The number of ether oxygens (including phenoxy) is 1. The minimum Gasteiger partial charge on any atom is -0.497 e. The fraction of sp³-hybridized carbons (Fsp3) is 0.417. The molecule has 1 aromatic rings. The first-order chi connectivity index (χ1) is 7.36. The summed E-state index contributed by atoms with van der Waals surface area (Å²) in [5.41, 5.74) is 1.30. The zero-order valence-electron chi connectivity index (χ0n) is 8.95. The van der Waals surface area contributed by atoms with Crippen molar-refractivity contribution in [3.05, 3.63) is 29.8 Å². The monoisotopic (exact) mass is 206 g/mol. The summed E-state index contributed by atoms with van der Waals surface area (Å²) in [5.74, 6) is 0.885. The van der Waals surface area contributed by atoms with Crippen LogP contribution in [0.1, 0.15) is 18.4 Å². The fourth-order valence-corrected chi connectivity index (χ4v) is 1.39. The summed E-state index contributed by atoms with van der Waals surface area (Å²) >= 11 is 0. The number of hydrogen-bond acceptors (Lipinski definition) is 2. The molecule has 0 saturated heterocycles. The van der Waals surface area contributed by atoms with Crippen LogP contribution in [-0.4, -0.2) is 20.1 Å². The van der Waals surface area contributed by atoms with Gasteiger partial charge in [0.25, 0.3) is 0 Å². The molecule has 3 heteroatoms. The average molecular weight is 206 g/mol. The molecule has 0 saturated carbocycles. The number of methoxy groups -OCH3 is 1. The van der Waals surface area contributed by atoms with Gasteiger partial charge >= 0.3 is 6.41 Å². The highest BCUT2D eigenvalue weighted by molar-refractivity contribution is 5.46. The maximum absolute atomic E-state index is 9.86. The molecule has 1 aromatic carbocycles. The van der Waals surface area contributed by atoms with Crippen LogP contribution in [0.4, 0.5) is 0 Å². The van der Waals surface area contributed by atoms with Crippen LogP contribution in [-0.2, 0) is 11.2 Å². The molecule has 1 radical (unpaired) electrons. The van der Waals surface area contributed by atoms with Crippen molar-refractivity contribution in [1.29, 1.82) is 0 Å². The molecule has 0 aliphatic heterocycles. The van der Waals surface area contributed by atoms with Crippen molar-refractivity contribution in [2.24, 2.45) is 0 Å². The zero-order chi connectivity index (χ0) is 10.9. The van der Waals surface area contributed by atoms with Gasteiger partial charge in [0.05, 0.1) is 7.11 Å². The van der Waals surface area contributed by atoms with Crippen molar-refractivity contribution in [3.8, 4) is 5.75 Å². The summed E-state index contributed by atoms with van der Waals surface area (Å²) in [6, 6.07) is 8.07. The molecule has 0 aliphatic carbocycles. The number of amides is 1. The Hall–Kier alpha value is -1.51. The predicted octanol–water partition coefficient (Wildman–Crippen LogP) is 1.67. The quantitative estimate of drug-likeness (QED) is 0.544. The minimum absolute atomic E-state index is 0.708. The van der Waals surface area contributed by atoms with Gasteiger partial charge in [0, 0.05) is 6.54 Å². The van der Waals surface area contributed by atoms with E-state index in [4.69, 9.17) is 4.74 Å². The van der Waals surface area contributed by atoms with Crippen LogP contribution < -0.4 is 10.1 Å². The summed E-state index contributed by atoms with van der Waals surface area (Å²) in [7, 11) is 1.66. The summed E-state index contributed by atoms with van der Waals surface area (Å²) < 4.78 is 5.07. The van der Waals surface area contributed by atoms with Crippen LogP contribution in [0.25, 0.3) is 0 Å². The maximum Gasteiger partial charge on any atom is 0.309 e. The number of benzene rings is 1. The van der Waals surface area contributed by atoms with E-state index in [1.54, 1.807) is 13.5 Å². The van der Waals surface area contributed by atoms with Gasteiger partial charge in [-0.2, -0.15) is 0 Å². The van der Waals surface area contributed by atoms with E-state index in [9.17, 15) is 4.79 Å². The Morgan fingerprint density at radius 3 is 2.60 bits per heavy atom. The van der Waals surface area contributed by atoms with Crippen molar-refractivity contribution < 1.29 is 9.53 Å². The van der Waals surface area contributed by atoms with Crippen LogP contribution in [0.3, 0.4) is 0 Å². The van der Waals surface area contributed by atoms with E-state index in [1.807, 2.05) is 12.1 Å². The van der Waals surface area contributed by atoms with E-state index < -0.39 is 0 Å².